The maximum Gasteiger partial charge on any atom is 0.414 e. The normalized spacial score (nSPS) is 10.9. The van der Waals surface area contributed by atoms with Crippen molar-refractivity contribution in [3.05, 3.63) is 23.5 Å². The second-order valence-corrected chi connectivity index (χ2v) is 7.43. The molecule has 0 aliphatic carbocycles. The Hall–Kier alpha value is -4.06. The second-order valence-electron chi connectivity index (χ2n) is 7.43. The fourth-order valence-electron chi connectivity index (χ4n) is 2.81. The summed E-state index contributed by atoms with van der Waals surface area (Å²) in [7, 11) is 0. The van der Waals surface area contributed by atoms with Crippen LogP contribution in [0.3, 0.4) is 0 Å². The molecule has 12 heteroatoms. The lowest BCUT2D eigenvalue weighted by molar-refractivity contribution is -0.117. The third-order valence-corrected chi connectivity index (χ3v) is 4.60. The van der Waals surface area contributed by atoms with Crippen molar-refractivity contribution in [2.75, 3.05) is 26.3 Å². The highest BCUT2D eigenvalue weighted by molar-refractivity contribution is 6.05. The predicted octanol–water partition coefficient (Wildman–Crippen LogP) is 2.65. The van der Waals surface area contributed by atoms with Crippen molar-refractivity contribution < 1.29 is 28.7 Å². The molecule has 0 fully saturated rings. The van der Waals surface area contributed by atoms with Crippen LogP contribution >= 0.6 is 0 Å². The summed E-state index contributed by atoms with van der Waals surface area (Å²) in [5.74, 6) is -1.61. The van der Waals surface area contributed by atoms with Crippen LogP contribution < -0.4 is 21.3 Å². The number of amides is 4. The van der Waals surface area contributed by atoms with Gasteiger partial charge in [0, 0.05) is 25.5 Å². The van der Waals surface area contributed by atoms with Crippen LogP contribution in [-0.2, 0) is 19.1 Å². The van der Waals surface area contributed by atoms with Crippen molar-refractivity contribution in [2.24, 2.45) is 0 Å². The molecule has 0 saturated heterocycles. The number of alkyl carbamates (subject to hydrolysis) is 2. The van der Waals surface area contributed by atoms with E-state index in [1.165, 1.54) is 12.4 Å². The molecule has 0 unspecified atom stereocenters. The molecule has 0 heterocycles. The summed E-state index contributed by atoms with van der Waals surface area (Å²) in [6.07, 6.45) is 8.94. The molecule has 0 bridgehead atoms. The molecule has 4 N–H and O–H groups in total. The fraction of sp³-hybridized carbons (Fsp3) is 0.583. The lowest BCUT2D eigenvalue weighted by Crippen LogP contribution is -2.32. The zero-order chi connectivity index (χ0) is 27.0. The van der Waals surface area contributed by atoms with Crippen molar-refractivity contribution >= 4 is 24.0 Å². The van der Waals surface area contributed by atoms with Gasteiger partial charge < -0.3 is 20.1 Å². The Kier molecular flexibility index (Phi) is 19.1. The van der Waals surface area contributed by atoms with Gasteiger partial charge in [-0.2, -0.15) is 10.5 Å². The molecular weight excluding hydrogens is 468 g/mol. The van der Waals surface area contributed by atoms with E-state index in [1.807, 2.05) is 10.6 Å². The van der Waals surface area contributed by atoms with Crippen LogP contribution in [0.2, 0.25) is 0 Å². The summed E-state index contributed by atoms with van der Waals surface area (Å²) in [6, 6.07) is 3.48. The number of hydrogen-bond donors (Lipinski definition) is 4. The first kappa shape index (κ1) is 31.9. The van der Waals surface area contributed by atoms with Gasteiger partial charge in [-0.25, -0.2) is 9.59 Å². The van der Waals surface area contributed by atoms with Gasteiger partial charge in [-0.15, -0.1) is 0 Å². The predicted molar refractivity (Wildman–Crippen MR) is 131 cm³/mol. The third-order valence-electron chi connectivity index (χ3n) is 4.60. The molecule has 0 aliphatic rings. The molecule has 0 aromatic rings. The largest absolute Gasteiger partial charge is 0.450 e. The van der Waals surface area contributed by atoms with Crippen molar-refractivity contribution in [2.45, 2.75) is 65.2 Å². The fourth-order valence-corrected chi connectivity index (χ4v) is 2.81. The van der Waals surface area contributed by atoms with Gasteiger partial charge in [-0.3, -0.25) is 20.2 Å². The van der Waals surface area contributed by atoms with Gasteiger partial charge in [0.05, 0.1) is 13.2 Å². The second kappa shape index (κ2) is 21.5. The number of rotatable bonds is 17. The zero-order valence-corrected chi connectivity index (χ0v) is 21.0. The van der Waals surface area contributed by atoms with E-state index in [0.29, 0.717) is 13.1 Å². The average molecular weight is 505 g/mol. The van der Waals surface area contributed by atoms with Crippen LogP contribution in [0.25, 0.3) is 0 Å². The number of nitrogens with one attached hydrogen (secondary N) is 4. The molecule has 0 saturated carbocycles. The first-order chi connectivity index (χ1) is 17.4. The lowest BCUT2D eigenvalue weighted by atomic mass is 10.1. The molecule has 0 aromatic carbocycles. The number of unbranched alkanes of at least 4 members (excludes halogenated alkanes) is 7. The van der Waals surface area contributed by atoms with Gasteiger partial charge in [-0.05, 0) is 26.7 Å². The Labute approximate surface area is 212 Å². The smallest absolute Gasteiger partial charge is 0.414 e. The van der Waals surface area contributed by atoms with Crippen LogP contribution in [0.15, 0.2) is 23.5 Å². The summed E-state index contributed by atoms with van der Waals surface area (Å²) in [5.41, 5.74) is -0.395. The van der Waals surface area contributed by atoms with Crippen LogP contribution in [0.5, 0.6) is 0 Å². The zero-order valence-electron chi connectivity index (χ0n) is 21.0. The lowest BCUT2D eigenvalue weighted by Gasteiger charge is -2.05. The minimum atomic E-state index is -0.887. The van der Waals surface area contributed by atoms with Crippen molar-refractivity contribution in [3.63, 3.8) is 0 Å². The Morgan fingerprint density at radius 2 is 0.972 bits per heavy atom. The van der Waals surface area contributed by atoms with E-state index in [0.717, 1.165) is 51.4 Å². The molecule has 0 aromatic heterocycles. The Morgan fingerprint density at radius 3 is 1.28 bits per heavy atom. The summed E-state index contributed by atoms with van der Waals surface area (Å²) >= 11 is 0. The summed E-state index contributed by atoms with van der Waals surface area (Å²) in [6.45, 7) is 4.70. The van der Waals surface area contributed by atoms with Gasteiger partial charge in [0.15, 0.2) is 0 Å². The van der Waals surface area contributed by atoms with E-state index in [2.05, 4.69) is 20.1 Å². The monoisotopic (exact) mass is 504 g/mol. The molecule has 0 atom stereocenters. The average Bonchev–Trinajstić information content (AvgIpc) is 2.84. The number of imide groups is 2. The van der Waals surface area contributed by atoms with Gasteiger partial charge in [0.25, 0.3) is 11.8 Å². The van der Waals surface area contributed by atoms with E-state index in [9.17, 15) is 19.2 Å². The third kappa shape index (κ3) is 16.5. The maximum atomic E-state index is 11.7. The molecule has 0 spiro atoms. The highest BCUT2D eigenvalue weighted by Gasteiger charge is 2.14. The topological polar surface area (TPSA) is 182 Å². The summed E-state index contributed by atoms with van der Waals surface area (Å²) < 4.78 is 9.19. The molecule has 0 rings (SSSR count). The minimum absolute atomic E-state index is 0.129. The first-order valence-electron chi connectivity index (χ1n) is 12.0. The van der Waals surface area contributed by atoms with Crippen molar-refractivity contribution in [3.8, 4) is 12.1 Å². The highest BCUT2D eigenvalue weighted by Crippen LogP contribution is 2.08. The number of ether oxygens (including phenoxy) is 2. The van der Waals surface area contributed by atoms with Gasteiger partial charge in [-0.1, -0.05) is 38.5 Å². The number of carbonyl (C=O) groups excluding carboxylic acids is 4. The van der Waals surface area contributed by atoms with Gasteiger partial charge in [0.1, 0.15) is 23.3 Å². The standard InChI is InChI=1S/C24H36N6O6/c1-3-35-23(33)29-21(31)19(15-25)17-27-13-11-9-7-5-6-8-10-12-14-28-18-20(16-26)22(32)30-24(34)36-4-2/h17-18,27-28H,3-14H2,1-2H3,(H,29,31,33)(H,30,32,34)/b19-17-,20-18-. The van der Waals surface area contributed by atoms with Crippen LogP contribution in [-0.4, -0.2) is 50.3 Å². The Morgan fingerprint density at radius 1 is 0.639 bits per heavy atom. The van der Waals surface area contributed by atoms with Crippen LogP contribution in [0.4, 0.5) is 9.59 Å². The van der Waals surface area contributed by atoms with E-state index >= 15 is 0 Å². The van der Waals surface area contributed by atoms with Crippen LogP contribution in [0, 0.1) is 22.7 Å². The SMILES string of the molecule is CCOC(=O)NC(=O)/C(C#N)=C\NCCCCCCCCCCN/C=C(/C#N)C(=O)NC(=O)OCC. The highest BCUT2D eigenvalue weighted by atomic mass is 16.6. The summed E-state index contributed by atoms with van der Waals surface area (Å²) in [5, 5.41) is 27.8. The Balaban J connectivity index is 3.81. The molecule has 0 aliphatic heterocycles. The molecule has 12 nitrogen and oxygen atoms in total. The molecule has 198 valence electrons. The number of nitriles is 2. The minimum Gasteiger partial charge on any atom is -0.450 e. The Bertz CT molecular complexity index is 786. The number of carbonyl (C=O) groups is 4. The van der Waals surface area contributed by atoms with Gasteiger partial charge >= 0.3 is 12.2 Å². The van der Waals surface area contributed by atoms with Gasteiger partial charge in [0.2, 0.25) is 0 Å². The number of nitrogens with zero attached hydrogens (tertiary/aromatic N) is 2. The van der Waals surface area contributed by atoms with Crippen LogP contribution in [0.1, 0.15) is 65.2 Å². The quantitative estimate of drug-likeness (QED) is 0.130. The molecular formula is C24H36N6O6. The van der Waals surface area contributed by atoms with Crippen molar-refractivity contribution in [1.82, 2.24) is 21.3 Å². The van der Waals surface area contributed by atoms with E-state index in [-0.39, 0.29) is 24.4 Å². The number of hydrogen-bond acceptors (Lipinski definition) is 10. The summed E-state index contributed by atoms with van der Waals surface area (Å²) in [4.78, 5) is 45.9. The van der Waals surface area contributed by atoms with E-state index < -0.39 is 24.0 Å². The molecule has 0 radical (unpaired) electrons. The first-order valence-corrected chi connectivity index (χ1v) is 12.0. The van der Waals surface area contributed by atoms with E-state index in [1.54, 1.807) is 26.0 Å². The van der Waals surface area contributed by atoms with E-state index in [4.69, 9.17) is 10.5 Å². The molecule has 4 amide bonds. The molecule has 36 heavy (non-hydrogen) atoms. The van der Waals surface area contributed by atoms with Crippen molar-refractivity contribution in [1.29, 1.82) is 10.5 Å². The maximum absolute atomic E-state index is 11.7.